The molecule has 0 aliphatic carbocycles. The Bertz CT molecular complexity index is 925. The number of nitrogens with zero attached hydrogens (tertiary/aromatic N) is 6. The second-order valence-electron chi connectivity index (χ2n) is 5.41. The van der Waals surface area contributed by atoms with E-state index < -0.39 is 5.25 Å². The lowest BCUT2D eigenvalue weighted by atomic mass is 10.4. The number of fused-ring (bicyclic) bond motifs is 1. The zero-order valence-electron chi connectivity index (χ0n) is 14.8. The fraction of sp³-hybridized carbons (Fsp3) is 0.467. The highest BCUT2D eigenvalue weighted by atomic mass is 32.2. The molecule has 0 aliphatic rings. The van der Waals surface area contributed by atoms with E-state index in [1.54, 1.807) is 18.4 Å². The van der Waals surface area contributed by atoms with Crippen LogP contribution in [-0.2, 0) is 15.3 Å². The Morgan fingerprint density at radius 2 is 2.15 bits per heavy atom. The molecule has 0 saturated heterocycles. The quantitative estimate of drug-likeness (QED) is 0.438. The molecule has 1 atom stereocenters. The summed E-state index contributed by atoms with van der Waals surface area (Å²) in [4.78, 5) is 20.4. The first-order valence-electron chi connectivity index (χ1n) is 7.95. The normalized spacial score (nSPS) is 12.5. The summed E-state index contributed by atoms with van der Waals surface area (Å²) in [6.45, 7) is 7.72. The Hall–Kier alpha value is -2.14. The van der Waals surface area contributed by atoms with Crippen LogP contribution >= 0.6 is 23.5 Å². The molecule has 0 saturated carbocycles. The van der Waals surface area contributed by atoms with Gasteiger partial charge in [0.25, 0.3) is 11.0 Å². The second-order valence-corrected chi connectivity index (χ2v) is 7.64. The largest absolute Gasteiger partial charge is 0.465 e. The molecule has 3 rings (SSSR count). The Morgan fingerprint density at radius 3 is 2.92 bits per heavy atom. The molecular weight excluding hydrogens is 376 g/mol. The monoisotopic (exact) mass is 394 g/mol. The first-order chi connectivity index (χ1) is 12.5. The van der Waals surface area contributed by atoms with E-state index >= 15 is 0 Å². The number of carbonyl (C=O) groups is 1. The van der Waals surface area contributed by atoms with Crippen molar-refractivity contribution in [1.82, 2.24) is 29.8 Å². The van der Waals surface area contributed by atoms with Crippen molar-refractivity contribution in [2.75, 3.05) is 6.61 Å². The minimum absolute atomic E-state index is 0.307. The van der Waals surface area contributed by atoms with Gasteiger partial charge in [-0.25, -0.2) is 9.50 Å². The maximum atomic E-state index is 11.6. The summed E-state index contributed by atoms with van der Waals surface area (Å²) in [5.74, 6) is 1.12. The fourth-order valence-corrected chi connectivity index (χ4v) is 3.49. The van der Waals surface area contributed by atoms with Crippen molar-refractivity contribution < 1.29 is 13.9 Å². The average molecular weight is 394 g/mol. The molecule has 3 aromatic heterocycles. The van der Waals surface area contributed by atoms with Gasteiger partial charge in [-0.15, -0.1) is 15.3 Å². The van der Waals surface area contributed by atoms with Gasteiger partial charge in [0.2, 0.25) is 11.0 Å². The van der Waals surface area contributed by atoms with E-state index in [1.807, 2.05) is 19.9 Å². The third-order valence-electron chi connectivity index (χ3n) is 3.27. The maximum absolute atomic E-state index is 11.6. The SMILES string of the molecule is CCOC(=O)[C@H](C)Sc1nnc(CSc2nc3nc(C)cc(C)n3n2)o1. The van der Waals surface area contributed by atoms with Crippen molar-refractivity contribution in [2.45, 2.75) is 49.1 Å². The summed E-state index contributed by atoms with van der Waals surface area (Å²) in [6, 6.07) is 1.95. The van der Waals surface area contributed by atoms with Gasteiger partial charge in [-0.3, -0.25) is 4.79 Å². The van der Waals surface area contributed by atoms with Gasteiger partial charge >= 0.3 is 5.97 Å². The lowest BCUT2D eigenvalue weighted by molar-refractivity contribution is -0.142. The van der Waals surface area contributed by atoms with Gasteiger partial charge in [0.05, 0.1) is 12.4 Å². The summed E-state index contributed by atoms with van der Waals surface area (Å²) >= 11 is 2.55. The first kappa shape index (κ1) is 18.6. The lowest BCUT2D eigenvalue weighted by Gasteiger charge is -2.06. The fourth-order valence-electron chi connectivity index (χ4n) is 2.14. The molecule has 3 aromatic rings. The van der Waals surface area contributed by atoms with E-state index in [1.165, 1.54) is 23.5 Å². The number of hydrogen-bond donors (Lipinski definition) is 0. The molecule has 0 unspecified atom stereocenters. The minimum Gasteiger partial charge on any atom is -0.465 e. The first-order valence-corrected chi connectivity index (χ1v) is 9.82. The van der Waals surface area contributed by atoms with E-state index in [2.05, 4.69) is 25.3 Å². The predicted octanol–water partition coefficient (Wildman–Crippen LogP) is 2.46. The van der Waals surface area contributed by atoms with Gasteiger partial charge in [-0.2, -0.15) is 4.98 Å². The summed E-state index contributed by atoms with van der Waals surface area (Å²) < 4.78 is 12.2. The van der Waals surface area contributed by atoms with Gasteiger partial charge in [-0.05, 0) is 33.8 Å². The van der Waals surface area contributed by atoms with E-state index in [0.717, 1.165) is 11.4 Å². The van der Waals surface area contributed by atoms with Crippen LogP contribution in [0.5, 0.6) is 0 Å². The van der Waals surface area contributed by atoms with Gasteiger partial charge in [-0.1, -0.05) is 23.5 Å². The molecule has 138 valence electrons. The molecule has 11 heteroatoms. The van der Waals surface area contributed by atoms with Gasteiger partial charge in [0, 0.05) is 11.4 Å². The molecule has 0 N–H and O–H groups in total. The van der Waals surface area contributed by atoms with E-state index in [4.69, 9.17) is 9.15 Å². The van der Waals surface area contributed by atoms with Gasteiger partial charge < -0.3 is 9.15 Å². The summed E-state index contributed by atoms with van der Waals surface area (Å²) in [6.07, 6.45) is 0. The number of rotatable bonds is 7. The Kier molecular flexibility index (Phi) is 5.77. The molecule has 3 heterocycles. The highest BCUT2D eigenvalue weighted by Crippen LogP contribution is 2.25. The lowest BCUT2D eigenvalue weighted by Crippen LogP contribution is -2.16. The van der Waals surface area contributed by atoms with E-state index in [0.29, 0.717) is 34.4 Å². The third kappa shape index (κ3) is 4.33. The maximum Gasteiger partial charge on any atom is 0.319 e. The zero-order valence-corrected chi connectivity index (χ0v) is 16.4. The second kappa shape index (κ2) is 8.04. The predicted molar refractivity (Wildman–Crippen MR) is 96.1 cm³/mol. The van der Waals surface area contributed by atoms with Crippen molar-refractivity contribution in [2.24, 2.45) is 0 Å². The molecule has 9 nitrogen and oxygen atoms in total. The standard InChI is InChI=1S/C15H18N6O3S2/c1-5-23-12(22)10(4)26-15-19-18-11(24-15)7-25-14-17-13-16-8(2)6-9(3)21(13)20-14/h6,10H,5,7H2,1-4H3/t10-/m0/s1. The molecule has 0 spiro atoms. The molecule has 0 fully saturated rings. The van der Waals surface area contributed by atoms with E-state index in [9.17, 15) is 4.79 Å². The summed E-state index contributed by atoms with van der Waals surface area (Å²) in [5.41, 5.74) is 1.87. The van der Waals surface area contributed by atoms with Gasteiger partial charge in [0.1, 0.15) is 5.25 Å². The van der Waals surface area contributed by atoms with Crippen LogP contribution in [0.15, 0.2) is 20.9 Å². The van der Waals surface area contributed by atoms with Crippen LogP contribution < -0.4 is 0 Å². The molecule has 0 aromatic carbocycles. The topological polar surface area (TPSA) is 108 Å². The number of aromatic nitrogens is 6. The molecule has 0 bridgehead atoms. The van der Waals surface area contributed by atoms with Crippen molar-refractivity contribution in [3.8, 4) is 0 Å². The number of ether oxygens (including phenoxy) is 1. The number of aryl methyl sites for hydroxylation is 2. The van der Waals surface area contributed by atoms with Crippen molar-refractivity contribution in [1.29, 1.82) is 0 Å². The third-order valence-corrected chi connectivity index (χ3v) is 5.00. The van der Waals surface area contributed by atoms with Crippen LogP contribution in [-0.4, -0.2) is 47.6 Å². The van der Waals surface area contributed by atoms with Crippen LogP contribution in [0.4, 0.5) is 0 Å². The molecule has 26 heavy (non-hydrogen) atoms. The molecular formula is C15H18N6O3S2. The Balaban J connectivity index is 1.61. The molecule has 0 amide bonds. The highest BCUT2D eigenvalue weighted by molar-refractivity contribution is 8.00. The molecule has 0 radical (unpaired) electrons. The van der Waals surface area contributed by atoms with Crippen LogP contribution in [0, 0.1) is 13.8 Å². The smallest absolute Gasteiger partial charge is 0.319 e. The van der Waals surface area contributed by atoms with Crippen LogP contribution in [0.25, 0.3) is 5.78 Å². The summed E-state index contributed by atoms with van der Waals surface area (Å²) in [5, 5.41) is 12.9. The Morgan fingerprint density at radius 1 is 1.35 bits per heavy atom. The van der Waals surface area contributed by atoms with Gasteiger partial charge in [0.15, 0.2) is 0 Å². The number of carbonyl (C=O) groups excluding carboxylic acids is 1. The number of esters is 1. The van der Waals surface area contributed by atoms with Crippen molar-refractivity contribution in [3.63, 3.8) is 0 Å². The van der Waals surface area contributed by atoms with Crippen molar-refractivity contribution in [3.05, 3.63) is 23.3 Å². The number of thioether (sulfide) groups is 2. The van der Waals surface area contributed by atoms with Crippen LogP contribution in [0.3, 0.4) is 0 Å². The highest BCUT2D eigenvalue weighted by Gasteiger charge is 2.19. The minimum atomic E-state index is -0.409. The molecule has 0 aliphatic heterocycles. The van der Waals surface area contributed by atoms with Crippen LogP contribution in [0.1, 0.15) is 31.1 Å². The summed E-state index contributed by atoms with van der Waals surface area (Å²) in [7, 11) is 0. The Labute approximate surface area is 158 Å². The zero-order chi connectivity index (χ0) is 18.7. The van der Waals surface area contributed by atoms with E-state index in [-0.39, 0.29) is 5.97 Å². The average Bonchev–Trinajstić information content (AvgIpc) is 3.19. The van der Waals surface area contributed by atoms with Crippen molar-refractivity contribution >= 4 is 35.3 Å². The van der Waals surface area contributed by atoms with Crippen LogP contribution in [0.2, 0.25) is 0 Å². The number of hydrogen-bond acceptors (Lipinski definition) is 10.